The van der Waals surface area contributed by atoms with E-state index in [9.17, 15) is 14.7 Å². The summed E-state index contributed by atoms with van der Waals surface area (Å²) >= 11 is 0. The van der Waals surface area contributed by atoms with Gasteiger partial charge in [0, 0.05) is 32.2 Å². The van der Waals surface area contributed by atoms with E-state index in [-0.39, 0.29) is 29.7 Å². The fourth-order valence-corrected chi connectivity index (χ4v) is 3.90. The number of likely N-dealkylation sites (tertiary alicyclic amines) is 2. The molecule has 2 aliphatic heterocycles. The molecule has 7 heteroatoms. The lowest BCUT2D eigenvalue weighted by atomic mass is 9.79. The molecular weight excluding hydrogens is 384 g/mol. The van der Waals surface area contributed by atoms with Crippen molar-refractivity contribution in [1.82, 2.24) is 9.80 Å². The largest absolute Gasteiger partial charge is 0.444 e. The van der Waals surface area contributed by atoms with E-state index in [1.54, 1.807) is 25.9 Å². The topological polar surface area (TPSA) is 79.3 Å². The number of aldehydes is 1. The number of hydrogen-bond donors (Lipinski definition) is 1. The molecule has 0 radical (unpaired) electrons. The number of nitrogens with zero attached hydrogens (tertiary/aromatic N) is 2. The summed E-state index contributed by atoms with van der Waals surface area (Å²) in [5.41, 5.74) is -1.42. The van der Waals surface area contributed by atoms with Crippen molar-refractivity contribution in [3.8, 4) is 0 Å². The lowest BCUT2D eigenvalue weighted by molar-refractivity contribution is -0.115. The summed E-state index contributed by atoms with van der Waals surface area (Å²) in [7, 11) is 1.71. The van der Waals surface area contributed by atoms with Crippen LogP contribution in [0.25, 0.3) is 0 Å². The zero-order valence-corrected chi connectivity index (χ0v) is 20.5. The minimum absolute atomic E-state index is 0.0417. The molecule has 0 saturated carbocycles. The van der Waals surface area contributed by atoms with Gasteiger partial charge >= 0.3 is 6.09 Å². The van der Waals surface area contributed by atoms with Crippen molar-refractivity contribution in [2.75, 3.05) is 26.7 Å². The molecule has 1 amide bonds. The number of ether oxygens (including phenoxy) is 2. The number of piperidine rings is 1. The molecular formula is C23H44N2O5. The molecule has 0 spiro atoms. The van der Waals surface area contributed by atoms with E-state index < -0.39 is 11.2 Å². The number of aliphatic hydroxyl groups is 1. The second-order valence-corrected chi connectivity index (χ2v) is 10.9. The van der Waals surface area contributed by atoms with Gasteiger partial charge < -0.3 is 24.3 Å². The normalized spacial score (nSPS) is 26.1. The third-order valence-electron chi connectivity index (χ3n) is 5.67. The third kappa shape index (κ3) is 8.52. The zero-order chi connectivity index (χ0) is 23.3. The minimum Gasteiger partial charge on any atom is -0.444 e. The van der Waals surface area contributed by atoms with Crippen molar-refractivity contribution < 1.29 is 24.2 Å². The maximum Gasteiger partial charge on any atom is 0.410 e. The highest BCUT2D eigenvalue weighted by atomic mass is 16.6. The van der Waals surface area contributed by atoms with Gasteiger partial charge in [0.05, 0.1) is 17.2 Å². The molecule has 2 aliphatic rings. The Morgan fingerprint density at radius 1 is 1.00 bits per heavy atom. The summed E-state index contributed by atoms with van der Waals surface area (Å²) in [6, 6.07) is 0.0503. The molecule has 30 heavy (non-hydrogen) atoms. The van der Waals surface area contributed by atoms with E-state index in [2.05, 4.69) is 4.90 Å². The standard InChI is InChI=1S/C18H32N2O4.C5H12O/c1-17(2,3)24-16(22)19-10-8-15(14(11-19)18(4,5)23)20-9-6-7-13(20)12-21;1-5(2,3)6-4/h12-15,23H,6-11H2,1-5H3;1-4H3. The average Bonchev–Trinajstić information content (AvgIpc) is 3.07. The second kappa shape index (κ2) is 10.4. The summed E-state index contributed by atoms with van der Waals surface area (Å²) in [6.45, 7) is 17.1. The maximum absolute atomic E-state index is 12.4. The van der Waals surface area contributed by atoms with Crippen LogP contribution in [0.4, 0.5) is 4.79 Å². The van der Waals surface area contributed by atoms with Gasteiger partial charge in [-0.3, -0.25) is 4.90 Å². The van der Waals surface area contributed by atoms with E-state index >= 15 is 0 Å². The number of methoxy groups -OCH3 is 1. The smallest absolute Gasteiger partial charge is 0.410 e. The fraction of sp³-hybridized carbons (Fsp3) is 0.913. The van der Waals surface area contributed by atoms with Crippen LogP contribution < -0.4 is 0 Å². The summed E-state index contributed by atoms with van der Waals surface area (Å²) in [4.78, 5) is 27.7. The summed E-state index contributed by atoms with van der Waals surface area (Å²) in [6.07, 6.45) is 3.33. The first-order valence-corrected chi connectivity index (χ1v) is 11.1. The first-order valence-electron chi connectivity index (χ1n) is 11.1. The van der Waals surface area contributed by atoms with E-state index in [4.69, 9.17) is 9.47 Å². The van der Waals surface area contributed by atoms with Crippen LogP contribution in [0.5, 0.6) is 0 Å². The molecule has 0 aromatic rings. The van der Waals surface area contributed by atoms with Crippen molar-refractivity contribution in [3.63, 3.8) is 0 Å². The van der Waals surface area contributed by atoms with Crippen LogP contribution in [0.2, 0.25) is 0 Å². The van der Waals surface area contributed by atoms with Gasteiger partial charge in [-0.1, -0.05) is 0 Å². The predicted octanol–water partition coefficient (Wildman–Crippen LogP) is 3.48. The number of carbonyl (C=O) groups is 2. The molecule has 2 saturated heterocycles. The van der Waals surface area contributed by atoms with Gasteiger partial charge in [0.2, 0.25) is 0 Å². The highest BCUT2D eigenvalue weighted by molar-refractivity contribution is 5.68. The van der Waals surface area contributed by atoms with Gasteiger partial charge in [-0.05, 0) is 81.2 Å². The Labute approximate surface area is 183 Å². The van der Waals surface area contributed by atoms with Crippen molar-refractivity contribution in [2.24, 2.45) is 5.92 Å². The Morgan fingerprint density at radius 3 is 2.00 bits per heavy atom. The van der Waals surface area contributed by atoms with Crippen LogP contribution >= 0.6 is 0 Å². The molecule has 0 aliphatic carbocycles. The Balaban J connectivity index is 0.000000656. The van der Waals surface area contributed by atoms with Gasteiger partial charge in [-0.25, -0.2) is 4.79 Å². The van der Waals surface area contributed by atoms with E-state index in [0.717, 1.165) is 32.1 Å². The highest BCUT2D eigenvalue weighted by Crippen LogP contribution is 2.34. The molecule has 2 fully saturated rings. The first kappa shape index (κ1) is 26.9. The van der Waals surface area contributed by atoms with Crippen molar-refractivity contribution in [1.29, 1.82) is 0 Å². The third-order valence-corrected chi connectivity index (χ3v) is 5.67. The molecule has 2 rings (SSSR count). The molecule has 0 aromatic carbocycles. The lowest BCUT2D eigenvalue weighted by Crippen LogP contribution is -2.59. The zero-order valence-electron chi connectivity index (χ0n) is 20.5. The molecule has 2 heterocycles. The SMILES string of the molecule is CC(C)(C)OC(=O)N1CCC(N2CCCC2C=O)C(C(C)(C)O)C1.COC(C)(C)C. The van der Waals surface area contributed by atoms with E-state index in [0.29, 0.717) is 13.1 Å². The molecule has 0 bridgehead atoms. The molecule has 7 nitrogen and oxygen atoms in total. The van der Waals surface area contributed by atoms with Crippen molar-refractivity contribution in [2.45, 2.75) is 104 Å². The summed E-state index contributed by atoms with van der Waals surface area (Å²) in [5, 5.41) is 10.7. The quantitative estimate of drug-likeness (QED) is 0.694. The Morgan fingerprint density at radius 2 is 1.57 bits per heavy atom. The van der Waals surface area contributed by atoms with Gasteiger partial charge in [0.15, 0.2) is 0 Å². The minimum atomic E-state index is -0.929. The lowest BCUT2D eigenvalue weighted by Gasteiger charge is -2.48. The number of carbonyl (C=O) groups excluding carboxylic acids is 2. The van der Waals surface area contributed by atoms with Crippen LogP contribution in [-0.2, 0) is 14.3 Å². The van der Waals surface area contributed by atoms with E-state index in [1.807, 2.05) is 41.5 Å². The number of rotatable bonds is 3. The molecule has 3 unspecified atom stereocenters. The van der Waals surface area contributed by atoms with Gasteiger partial charge in [-0.15, -0.1) is 0 Å². The molecule has 1 N–H and O–H groups in total. The monoisotopic (exact) mass is 428 g/mol. The second-order valence-electron chi connectivity index (χ2n) is 10.9. The maximum atomic E-state index is 12.4. The van der Waals surface area contributed by atoms with E-state index in [1.165, 1.54) is 0 Å². The summed E-state index contributed by atoms with van der Waals surface area (Å²) in [5.74, 6) is -0.112. The van der Waals surface area contributed by atoms with Crippen LogP contribution in [-0.4, -0.2) is 82.9 Å². The van der Waals surface area contributed by atoms with Crippen molar-refractivity contribution in [3.05, 3.63) is 0 Å². The highest BCUT2D eigenvalue weighted by Gasteiger charge is 2.45. The molecule has 0 aromatic heterocycles. The number of hydrogen-bond acceptors (Lipinski definition) is 6. The Bertz CT molecular complexity index is 559. The number of amides is 1. The predicted molar refractivity (Wildman–Crippen MR) is 119 cm³/mol. The van der Waals surface area contributed by atoms with Crippen LogP contribution in [0.3, 0.4) is 0 Å². The Hall–Kier alpha value is -1.18. The Kier molecular flexibility index (Phi) is 9.33. The van der Waals surface area contributed by atoms with Gasteiger partial charge in [-0.2, -0.15) is 0 Å². The van der Waals surface area contributed by atoms with Crippen LogP contribution in [0.1, 0.15) is 74.7 Å². The van der Waals surface area contributed by atoms with Gasteiger partial charge in [0.25, 0.3) is 0 Å². The van der Waals surface area contributed by atoms with Crippen molar-refractivity contribution >= 4 is 12.4 Å². The first-order chi connectivity index (χ1) is 13.6. The summed E-state index contributed by atoms with van der Waals surface area (Å²) < 4.78 is 10.4. The van der Waals surface area contributed by atoms with Gasteiger partial charge in [0.1, 0.15) is 11.9 Å². The fourth-order valence-electron chi connectivity index (χ4n) is 3.90. The molecule has 3 atom stereocenters. The average molecular weight is 429 g/mol. The molecule has 176 valence electrons. The van der Waals surface area contributed by atoms with Crippen LogP contribution in [0, 0.1) is 5.92 Å². The van der Waals surface area contributed by atoms with Crippen LogP contribution in [0.15, 0.2) is 0 Å².